The first-order chi connectivity index (χ1) is 5.66. The van der Waals surface area contributed by atoms with Gasteiger partial charge in [-0.15, -0.1) is 0 Å². The number of nitriles is 1. The van der Waals surface area contributed by atoms with Crippen LogP contribution in [0.4, 0.5) is 0 Å². The first-order valence-electron chi connectivity index (χ1n) is 3.37. The third-order valence-corrected chi connectivity index (χ3v) is 0.903. The molecule has 0 heterocycles. The average Bonchev–Trinajstić information content (AvgIpc) is 2.05. The Morgan fingerprint density at radius 3 is 1.92 bits per heavy atom. The molecule has 1 rings (SSSR count). The maximum absolute atomic E-state index is 9.56. The van der Waals surface area contributed by atoms with Crippen molar-refractivity contribution in [3.8, 4) is 6.07 Å². The molecule has 0 radical (unpaired) electrons. The van der Waals surface area contributed by atoms with Crippen LogP contribution < -0.4 is 0 Å². The van der Waals surface area contributed by atoms with E-state index in [4.69, 9.17) is 5.26 Å². The van der Waals surface area contributed by atoms with Gasteiger partial charge in [-0.05, 0) is 12.1 Å². The Balaban J connectivity index is 0.000000261. The molecule has 0 fully saturated rings. The van der Waals surface area contributed by atoms with Crippen LogP contribution in [0.1, 0.15) is 5.56 Å². The number of benzene rings is 1. The predicted octanol–water partition coefficient (Wildman–Crippen LogP) is 1.55. The molecule has 1 aromatic rings. The highest BCUT2D eigenvalue weighted by molar-refractivity contribution is 7.89. The summed E-state index contributed by atoms with van der Waals surface area (Å²) in [7, 11) is 0. The van der Waals surface area contributed by atoms with Crippen molar-refractivity contribution in [1.82, 2.24) is 0 Å². The largest absolute Gasteiger partial charge is 0.617 e. The maximum Gasteiger partial charge on any atom is 0.0991 e. The Kier molecular flexibility index (Phi) is 6.16. The summed E-state index contributed by atoms with van der Waals surface area (Å²) in [6.45, 7) is 0. The molecule has 1 aromatic carbocycles. The molecule has 3 heteroatoms. The van der Waals surface area contributed by atoms with Crippen LogP contribution in [-0.2, 0) is 11.2 Å². The zero-order valence-corrected chi connectivity index (χ0v) is 7.97. The highest BCUT2D eigenvalue weighted by Gasteiger charge is 1.79. The molecular weight excluding hydrogens is 170 g/mol. The van der Waals surface area contributed by atoms with E-state index in [1.165, 1.54) is 0 Å². The molecule has 0 aliphatic rings. The molecule has 0 N–H and O–H groups in total. The lowest BCUT2D eigenvalue weighted by Crippen LogP contribution is -1.86. The van der Waals surface area contributed by atoms with Gasteiger partial charge in [-0.25, -0.2) is 0 Å². The van der Waals surface area contributed by atoms with E-state index in [9.17, 15) is 4.55 Å². The van der Waals surface area contributed by atoms with Crippen LogP contribution >= 0.6 is 0 Å². The maximum atomic E-state index is 9.56. The monoisotopic (exact) mass is 181 g/mol. The molecule has 0 unspecified atom stereocenters. The van der Waals surface area contributed by atoms with Crippen molar-refractivity contribution < 1.29 is 4.55 Å². The summed E-state index contributed by atoms with van der Waals surface area (Å²) in [4.78, 5) is 0. The molecule has 0 atom stereocenters. The van der Waals surface area contributed by atoms with Crippen LogP contribution in [0.15, 0.2) is 30.3 Å². The van der Waals surface area contributed by atoms with Crippen LogP contribution in [0.25, 0.3) is 0 Å². The minimum atomic E-state index is -0.611. The Labute approximate surface area is 76.0 Å². The van der Waals surface area contributed by atoms with Gasteiger partial charge >= 0.3 is 0 Å². The fourth-order valence-electron chi connectivity index (χ4n) is 0.513. The van der Waals surface area contributed by atoms with Gasteiger partial charge in [0.2, 0.25) is 0 Å². The molecule has 2 nitrogen and oxygen atoms in total. The highest BCUT2D eigenvalue weighted by atomic mass is 32.2. The zero-order chi connectivity index (χ0) is 9.40. The molecule has 64 valence electrons. The topological polar surface area (TPSA) is 46.8 Å². The second kappa shape index (κ2) is 6.71. The summed E-state index contributed by atoms with van der Waals surface area (Å²) in [6, 6.07) is 11.2. The molecule has 0 aromatic heterocycles. The van der Waals surface area contributed by atoms with Gasteiger partial charge < -0.3 is 4.55 Å². The van der Waals surface area contributed by atoms with Crippen LogP contribution in [0.5, 0.6) is 0 Å². The number of hydrogen-bond acceptors (Lipinski definition) is 2. The van der Waals surface area contributed by atoms with Crippen molar-refractivity contribution >= 4 is 11.2 Å². The Bertz CT molecular complexity index is 238. The van der Waals surface area contributed by atoms with Gasteiger partial charge in [-0.3, -0.25) is 0 Å². The van der Waals surface area contributed by atoms with E-state index in [2.05, 4.69) is 0 Å². The molecule has 0 amide bonds. The van der Waals surface area contributed by atoms with Crippen molar-refractivity contribution in [3.63, 3.8) is 0 Å². The average molecular weight is 181 g/mol. The van der Waals surface area contributed by atoms with Crippen molar-refractivity contribution in [2.75, 3.05) is 12.5 Å². The molecule has 12 heavy (non-hydrogen) atoms. The van der Waals surface area contributed by atoms with Gasteiger partial charge in [0.05, 0.1) is 24.1 Å². The lowest BCUT2D eigenvalue weighted by molar-refractivity contribution is 0.606. The fraction of sp³-hybridized carbons (Fsp3) is 0.222. The number of nitrogens with zero attached hydrogens (tertiary/aromatic N) is 1. The van der Waals surface area contributed by atoms with Crippen LogP contribution in [0.3, 0.4) is 0 Å². The van der Waals surface area contributed by atoms with Crippen molar-refractivity contribution in [2.24, 2.45) is 0 Å². The van der Waals surface area contributed by atoms with E-state index < -0.39 is 11.2 Å². The van der Waals surface area contributed by atoms with E-state index >= 15 is 0 Å². The summed E-state index contributed by atoms with van der Waals surface area (Å²) >= 11 is -0.611. The van der Waals surface area contributed by atoms with Crippen molar-refractivity contribution in [1.29, 1.82) is 5.26 Å². The Morgan fingerprint density at radius 2 is 1.67 bits per heavy atom. The first-order valence-corrected chi connectivity index (χ1v) is 5.33. The van der Waals surface area contributed by atoms with E-state index in [1.54, 1.807) is 24.6 Å². The number of hydrogen-bond donors (Lipinski definition) is 0. The fourth-order valence-corrected chi connectivity index (χ4v) is 0.513. The Morgan fingerprint density at radius 1 is 1.25 bits per heavy atom. The van der Waals surface area contributed by atoms with Crippen LogP contribution in [0.2, 0.25) is 0 Å². The van der Waals surface area contributed by atoms with E-state index in [0.717, 1.165) is 0 Å². The molecule has 0 bridgehead atoms. The van der Waals surface area contributed by atoms with E-state index in [-0.39, 0.29) is 0 Å². The lowest BCUT2D eigenvalue weighted by atomic mass is 10.2. The van der Waals surface area contributed by atoms with Gasteiger partial charge in [0, 0.05) is 0 Å². The van der Waals surface area contributed by atoms with Crippen molar-refractivity contribution in [3.05, 3.63) is 35.9 Å². The molecule has 0 saturated carbocycles. The Hall–Kier alpha value is -0.980. The second-order valence-corrected chi connectivity index (χ2v) is 3.70. The van der Waals surface area contributed by atoms with Gasteiger partial charge in [0.15, 0.2) is 0 Å². The van der Waals surface area contributed by atoms with Gasteiger partial charge in [-0.1, -0.05) is 29.4 Å². The SMILES string of the molecule is C[S+](C)[O-].N#Cc1ccccc1. The molecule has 0 saturated heterocycles. The minimum Gasteiger partial charge on any atom is -0.617 e. The zero-order valence-electron chi connectivity index (χ0n) is 7.15. The molecule has 0 aliphatic heterocycles. The summed E-state index contributed by atoms with van der Waals surface area (Å²) < 4.78 is 9.56. The standard InChI is InChI=1S/C7H5N.C2H6OS/c8-6-7-4-2-1-3-5-7;1-4(2)3/h1-5H;1-2H3. The van der Waals surface area contributed by atoms with Crippen molar-refractivity contribution in [2.45, 2.75) is 0 Å². The van der Waals surface area contributed by atoms with E-state index in [0.29, 0.717) is 5.56 Å². The molecular formula is C9H11NOS. The van der Waals surface area contributed by atoms with Crippen LogP contribution in [0, 0.1) is 11.3 Å². The van der Waals surface area contributed by atoms with Crippen LogP contribution in [-0.4, -0.2) is 17.1 Å². The summed E-state index contributed by atoms with van der Waals surface area (Å²) in [6.07, 6.45) is 3.28. The lowest BCUT2D eigenvalue weighted by Gasteiger charge is -1.87. The quantitative estimate of drug-likeness (QED) is 0.570. The second-order valence-electron chi connectivity index (χ2n) is 2.22. The van der Waals surface area contributed by atoms with E-state index in [1.807, 2.05) is 24.3 Å². The van der Waals surface area contributed by atoms with Gasteiger partial charge in [-0.2, -0.15) is 5.26 Å². The summed E-state index contributed by atoms with van der Waals surface area (Å²) in [5.74, 6) is 0. The van der Waals surface area contributed by atoms with Gasteiger partial charge in [0.25, 0.3) is 0 Å². The third-order valence-electron chi connectivity index (χ3n) is 0.903. The van der Waals surface area contributed by atoms with Gasteiger partial charge in [0.1, 0.15) is 0 Å². The summed E-state index contributed by atoms with van der Waals surface area (Å²) in [5, 5.41) is 8.29. The third kappa shape index (κ3) is 7.13. The number of rotatable bonds is 0. The first kappa shape index (κ1) is 11.0. The smallest absolute Gasteiger partial charge is 0.0991 e. The highest BCUT2D eigenvalue weighted by Crippen LogP contribution is 1.93. The minimum absolute atomic E-state index is 0.611. The predicted molar refractivity (Wildman–Crippen MR) is 51.1 cm³/mol. The molecule has 0 aliphatic carbocycles. The summed E-state index contributed by atoms with van der Waals surface area (Å²) in [5.41, 5.74) is 0.715. The molecule has 0 spiro atoms. The normalized spacial score (nSPS) is 8.25.